The zero-order chi connectivity index (χ0) is 21.8. The molecule has 30 heavy (non-hydrogen) atoms. The van der Waals surface area contributed by atoms with Gasteiger partial charge in [-0.15, -0.1) is 11.3 Å². The van der Waals surface area contributed by atoms with Crippen LogP contribution in [0, 0.1) is 18.8 Å². The molecule has 0 unspecified atom stereocenters. The van der Waals surface area contributed by atoms with Crippen LogP contribution in [0.1, 0.15) is 42.6 Å². The molecule has 0 fully saturated rings. The molecule has 1 heterocycles. The average molecular weight is 428 g/mol. The molecule has 3 rings (SSSR count). The SMILES string of the molecule is Cc1ccc(-c2csc(NC(=O)[C@@H]3CC=CC[C@@H]3C(=O)O)c2C(=O)OC(C)C)cc1. The van der Waals surface area contributed by atoms with Gasteiger partial charge in [0.05, 0.1) is 17.9 Å². The summed E-state index contributed by atoms with van der Waals surface area (Å²) < 4.78 is 5.42. The highest BCUT2D eigenvalue weighted by Gasteiger charge is 2.35. The van der Waals surface area contributed by atoms with Gasteiger partial charge in [0.2, 0.25) is 5.91 Å². The third kappa shape index (κ3) is 4.79. The van der Waals surface area contributed by atoms with E-state index in [1.54, 1.807) is 19.9 Å². The lowest BCUT2D eigenvalue weighted by Crippen LogP contribution is -2.34. The summed E-state index contributed by atoms with van der Waals surface area (Å²) in [4.78, 5) is 37.3. The number of carbonyl (C=O) groups is 3. The summed E-state index contributed by atoms with van der Waals surface area (Å²) in [6.45, 7) is 5.51. The van der Waals surface area contributed by atoms with Crippen molar-refractivity contribution in [2.45, 2.75) is 39.7 Å². The van der Waals surface area contributed by atoms with Gasteiger partial charge in [-0.3, -0.25) is 9.59 Å². The van der Waals surface area contributed by atoms with Crippen molar-refractivity contribution in [1.82, 2.24) is 0 Å². The minimum absolute atomic E-state index is 0.295. The minimum atomic E-state index is -0.995. The lowest BCUT2D eigenvalue weighted by Gasteiger charge is -2.24. The minimum Gasteiger partial charge on any atom is -0.481 e. The smallest absolute Gasteiger partial charge is 0.342 e. The van der Waals surface area contributed by atoms with Crippen LogP contribution in [0.25, 0.3) is 11.1 Å². The predicted molar refractivity (Wildman–Crippen MR) is 117 cm³/mol. The van der Waals surface area contributed by atoms with Crippen LogP contribution in [0.2, 0.25) is 0 Å². The van der Waals surface area contributed by atoms with Crippen molar-refractivity contribution in [3.8, 4) is 11.1 Å². The molecular weight excluding hydrogens is 402 g/mol. The van der Waals surface area contributed by atoms with E-state index in [9.17, 15) is 19.5 Å². The second kappa shape index (κ2) is 9.26. The van der Waals surface area contributed by atoms with Gasteiger partial charge in [0, 0.05) is 10.9 Å². The van der Waals surface area contributed by atoms with Gasteiger partial charge < -0.3 is 15.2 Å². The fourth-order valence-electron chi connectivity index (χ4n) is 3.45. The molecule has 1 aliphatic carbocycles. The van der Waals surface area contributed by atoms with E-state index in [4.69, 9.17) is 4.74 Å². The monoisotopic (exact) mass is 427 g/mol. The maximum absolute atomic E-state index is 12.9. The first kappa shape index (κ1) is 21.8. The van der Waals surface area contributed by atoms with E-state index < -0.39 is 29.7 Å². The van der Waals surface area contributed by atoms with E-state index in [1.165, 1.54) is 11.3 Å². The van der Waals surface area contributed by atoms with Crippen molar-refractivity contribution in [2.75, 3.05) is 5.32 Å². The Morgan fingerprint density at radius 1 is 1.10 bits per heavy atom. The van der Waals surface area contributed by atoms with Crippen LogP contribution < -0.4 is 5.32 Å². The summed E-state index contributed by atoms with van der Waals surface area (Å²) in [7, 11) is 0. The van der Waals surface area contributed by atoms with Gasteiger partial charge in [-0.05, 0) is 39.2 Å². The number of nitrogens with one attached hydrogen (secondary N) is 1. The topological polar surface area (TPSA) is 92.7 Å². The van der Waals surface area contributed by atoms with Crippen LogP contribution in [0.4, 0.5) is 5.00 Å². The summed E-state index contributed by atoms with van der Waals surface area (Å²) in [5, 5.41) is 14.4. The summed E-state index contributed by atoms with van der Waals surface area (Å²) in [5.41, 5.74) is 2.92. The number of allylic oxidation sites excluding steroid dienone is 2. The number of aliphatic carboxylic acids is 1. The molecule has 6 nitrogen and oxygen atoms in total. The molecular formula is C23H25NO5S. The number of anilines is 1. The Bertz CT molecular complexity index is 974. The third-order valence-corrected chi connectivity index (χ3v) is 5.92. The summed E-state index contributed by atoms with van der Waals surface area (Å²) >= 11 is 1.23. The average Bonchev–Trinajstić information content (AvgIpc) is 3.11. The van der Waals surface area contributed by atoms with Crippen molar-refractivity contribution >= 4 is 34.2 Å². The van der Waals surface area contributed by atoms with Gasteiger partial charge in [0.1, 0.15) is 10.6 Å². The molecule has 0 saturated heterocycles. The van der Waals surface area contributed by atoms with E-state index in [0.717, 1.165) is 11.1 Å². The zero-order valence-corrected chi connectivity index (χ0v) is 18.0. The second-order valence-electron chi connectivity index (χ2n) is 7.66. The highest BCUT2D eigenvalue weighted by atomic mass is 32.1. The zero-order valence-electron chi connectivity index (χ0n) is 17.2. The summed E-state index contributed by atoms with van der Waals surface area (Å²) in [6, 6.07) is 7.74. The van der Waals surface area contributed by atoms with Crippen LogP contribution in [0.3, 0.4) is 0 Å². The van der Waals surface area contributed by atoms with Gasteiger partial charge in [0.25, 0.3) is 0 Å². The van der Waals surface area contributed by atoms with E-state index in [1.807, 2.05) is 42.6 Å². The van der Waals surface area contributed by atoms with Crippen LogP contribution in [0.15, 0.2) is 41.8 Å². The van der Waals surface area contributed by atoms with Crippen molar-refractivity contribution in [3.63, 3.8) is 0 Å². The van der Waals surface area contributed by atoms with Crippen LogP contribution in [0.5, 0.6) is 0 Å². The lowest BCUT2D eigenvalue weighted by molar-refractivity contribution is -0.146. The molecule has 2 atom stereocenters. The van der Waals surface area contributed by atoms with Crippen LogP contribution in [-0.4, -0.2) is 29.1 Å². The number of amides is 1. The molecule has 2 aromatic rings. The van der Waals surface area contributed by atoms with Gasteiger partial charge >= 0.3 is 11.9 Å². The van der Waals surface area contributed by atoms with Gasteiger partial charge in [-0.2, -0.15) is 0 Å². The number of esters is 1. The Hall–Kier alpha value is -2.93. The number of carboxylic acid groups (broad SMARTS) is 1. The Morgan fingerprint density at radius 2 is 1.73 bits per heavy atom. The molecule has 2 N–H and O–H groups in total. The number of thiophene rings is 1. The standard InChI is InChI=1S/C23H25NO5S/c1-13(2)29-23(28)19-18(15-10-8-14(3)9-11-15)12-30-21(19)24-20(25)16-6-4-5-7-17(16)22(26)27/h4-5,8-13,16-17H,6-7H2,1-3H3,(H,24,25)(H,26,27)/t16-,17+/m1/s1. The molecule has 0 bridgehead atoms. The third-order valence-electron chi connectivity index (χ3n) is 5.02. The molecule has 0 aliphatic heterocycles. The van der Waals surface area contributed by atoms with Crippen molar-refractivity contribution in [1.29, 1.82) is 0 Å². The first-order valence-electron chi connectivity index (χ1n) is 9.86. The molecule has 1 amide bonds. The van der Waals surface area contributed by atoms with E-state index >= 15 is 0 Å². The lowest BCUT2D eigenvalue weighted by atomic mass is 9.82. The van der Waals surface area contributed by atoms with Gasteiger partial charge in [-0.1, -0.05) is 42.0 Å². The number of aryl methyl sites for hydroxylation is 1. The first-order valence-corrected chi connectivity index (χ1v) is 10.7. The number of hydrogen-bond acceptors (Lipinski definition) is 5. The van der Waals surface area contributed by atoms with Gasteiger partial charge in [0.15, 0.2) is 0 Å². The van der Waals surface area contributed by atoms with Crippen LogP contribution in [-0.2, 0) is 14.3 Å². The second-order valence-corrected chi connectivity index (χ2v) is 8.54. The quantitative estimate of drug-likeness (QED) is 0.506. The number of hydrogen-bond donors (Lipinski definition) is 2. The van der Waals surface area contributed by atoms with Crippen LogP contribution >= 0.6 is 11.3 Å². The molecule has 0 saturated carbocycles. The number of ether oxygens (including phenoxy) is 1. The summed E-state index contributed by atoms with van der Waals surface area (Å²) in [6.07, 6.45) is 3.96. The highest BCUT2D eigenvalue weighted by molar-refractivity contribution is 7.15. The maximum atomic E-state index is 12.9. The Labute approximate surface area is 179 Å². The Kier molecular flexibility index (Phi) is 6.72. The molecule has 0 spiro atoms. The first-order chi connectivity index (χ1) is 14.3. The Balaban J connectivity index is 1.95. The normalized spacial score (nSPS) is 18.3. The van der Waals surface area contributed by atoms with E-state index in [-0.39, 0.29) is 6.10 Å². The van der Waals surface area contributed by atoms with Crippen molar-refractivity contribution in [2.24, 2.45) is 11.8 Å². The number of carboxylic acids is 1. The summed E-state index contributed by atoms with van der Waals surface area (Å²) in [5.74, 6) is -3.38. The maximum Gasteiger partial charge on any atom is 0.342 e. The fourth-order valence-corrected chi connectivity index (χ4v) is 4.41. The number of rotatable bonds is 6. The fraction of sp³-hybridized carbons (Fsp3) is 0.348. The van der Waals surface area contributed by atoms with Crippen molar-refractivity contribution in [3.05, 3.63) is 52.9 Å². The highest BCUT2D eigenvalue weighted by Crippen LogP contribution is 2.37. The molecule has 1 aliphatic rings. The number of carbonyl (C=O) groups excluding carboxylic acids is 2. The predicted octanol–water partition coefficient (Wildman–Crippen LogP) is 4.89. The van der Waals surface area contributed by atoms with Gasteiger partial charge in [-0.25, -0.2) is 4.79 Å². The van der Waals surface area contributed by atoms with E-state index in [0.29, 0.717) is 29.0 Å². The molecule has 0 radical (unpaired) electrons. The number of benzene rings is 1. The molecule has 7 heteroatoms. The molecule has 1 aromatic carbocycles. The molecule has 1 aromatic heterocycles. The largest absolute Gasteiger partial charge is 0.481 e. The molecule has 158 valence electrons. The van der Waals surface area contributed by atoms with Crippen molar-refractivity contribution < 1.29 is 24.2 Å². The van der Waals surface area contributed by atoms with E-state index in [2.05, 4.69) is 5.32 Å². The Morgan fingerprint density at radius 3 is 2.33 bits per heavy atom.